The number of amides is 4. The number of unbranched alkanes of at least 4 members (excludes halogenated alkanes) is 2. The van der Waals surface area contributed by atoms with Crippen LogP contribution in [-0.4, -0.2) is 127 Å². The average molecular weight is 1120 g/mol. The Hall–Kier alpha value is -8.31. The van der Waals surface area contributed by atoms with Gasteiger partial charge >= 0.3 is 12.1 Å². The Morgan fingerprint density at radius 3 is 2.34 bits per heavy atom. The van der Waals surface area contributed by atoms with Crippen molar-refractivity contribution in [1.82, 2.24) is 35.5 Å². The predicted molar refractivity (Wildman–Crippen MR) is 288 cm³/mol. The van der Waals surface area contributed by atoms with E-state index in [9.17, 15) is 47.1 Å². The first kappa shape index (κ1) is 59.4. The summed E-state index contributed by atoms with van der Waals surface area (Å²) in [7, 11) is -3.50. The zero-order valence-electron chi connectivity index (χ0n) is 44.5. The molecule has 7 N–H and O–H groups in total. The standard InChI is InChI=1S/C55H63N9O15S/c1-4-38-39-25-37(65)18-19-43(39)63-49-40(38)29-64-45(49)26-42-41(51(64)70)31-77-52(71)55(42,5-2)79-54(72)78-30-34-14-16-36(17-15-34)61-50(69)44(12-9-10-20-56)62-48(68)33-76-32-47(67)58-22-24-75-23-21-57-46(66)13-8-6-7-11-35-27-59-53(60-28-35)80(3,73)74/h14-19,25-28,44,65H,4-6,8-10,12-13,20-24,29-33,56H2,1-3H3,(H,57,66)(H,58,67)(H,61,69)(H,62,68)/t44-,55-/m0/s1. The third-order valence-electron chi connectivity index (χ3n) is 13.0. The third-order valence-corrected chi connectivity index (χ3v) is 13.9. The molecule has 7 rings (SSSR count). The number of carbonyl (C=O) groups is 6. The van der Waals surface area contributed by atoms with Crippen molar-refractivity contribution in [3.05, 3.63) is 105 Å². The van der Waals surface area contributed by atoms with Crippen LogP contribution in [0.2, 0.25) is 0 Å². The summed E-state index contributed by atoms with van der Waals surface area (Å²) in [6, 6.07) is 11.9. The summed E-state index contributed by atoms with van der Waals surface area (Å²) in [5.74, 6) is 3.11. The number of nitrogens with zero attached hydrogens (tertiary/aromatic N) is 4. The second-order valence-corrected chi connectivity index (χ2v) is 20.7. The van der Waals surface area contributed by atoms with E-state index >= 15 is 0 Å². The fourth-order valence-electron chi connectivity index (χ4n) is 9.01. The first-order valence-electron chi connectivity index (χ1n) is 26.0. The Bertz CT molecular complexity index is 3360. The van der Waals surface area contributed by atoms with Crippen LogP contribution in [0, 0.1) is 11.8 Å². The lowest BCUT2D eigenvalue weighted by Crippen LogP contribution is -2.47. The minimum atomic E-state index is -3.50. The van der Waals surface area contributed by atoms with E-state index in [2.05, 4.69) is 43.1 Å². The molecule has 0 saturated carbocycles. The number of anilines is 1. The number of fused-ring (bicyclic) bond motifs is 5. The first-order valence-corrected chi connectivity index (χ1v) is 27.9. The molecule has 0 fully saturated rings. The number of cyclic esters (lactones) is 1. The highest BCUT2D eigenvalue weighted by atomic mass is 32.2. The summed E-state index contributed by atoms with van der Waals surface area (Å²) in [5, 5.41) is 21.5. The highest BCUT2D eigenvalue weighted by Gasteiger charge is 2.51. The molecule has 2 aliphatic rings. The molecule has 0 bridgehead atoms. The van der Waals surface area contributed by atoms with Crippen LogP contribution in [0.4, 0.5) is 10.5 Å². The summed E-state index contributed by atoms with van der Waals surface area (Å²) >= 11 is 0. The van der Waals surface area contributed by atoms with Crippen LogP contribution in [0.15, 0.2) is 70.9 Å². The SMILES string of the molecule is CCc1c2c(nc3ccc(O)cc13)-c1cc3c(c(=O)n1C2)COC(=O)[C@@]3(CC)OC(=O)OCc1ccc(NC(=O)[C@H](CCCCN)NC(=O)COCC(=O)NCCOCCNC(=O)CCCC#Cc2cnc(S(C)(=O)=O)nc2)cc1. The number of ether oxygens (including phenoxy) is 5. The van der Waals surface area contributed by atoms with E-state index in [0.29, 0.717) is 72.4 Å². The highest BCUT2D eigenvalue weighted by Crippen LogP contribution is 2.42. The van der Waals surface area contributed by atoms with Crippen LogP contribution in [-0.2, 0) is 89.3 Å². The lowest BCUT2D eigenvalue weighted by Gasteiger charge is -2.35. The molecule has 5 heterocycles. The number of aryl methyl sites for hydroxylation is 1. The zero-order valence-corrected chi connectivity index (χ0v) is 45.3. The van der Waals surface area contributed by atoms with E-state index in [1.807, 2.05) is 6.92 Å². The van der Waals surface area contributed by atoms with Crippen LogP contribution in [0.1, 0.15) is 92.2 Å². The van der Waals surface area contributed by atoms with E-state index in [1.165, 1.54) is 18.5 Å². The third kappa shape index (κ3) is 15.1. The lowest BCUT2D eigenvalue weighted by molar-refractivity contribution is -0.175. The number of esters is 1. The van der Waals surface area contributed by atoms with E-state index in [1.54, 1.807) is 54.0 Å². The molecule has 2 atom stereocenters. The molecule has 0 saturated heterocycles. The lowest BCUT2D eigenvalue weighted by atomic mass is 9.85. The Balaban J connectivity index is 0.813. The van der Waals surface area contributed by atoms with Gasteiger partial charge in [-0.25, -0.2) is 33.0 Å². The molecule has 2 aliphatic heterocycles. The molecule has 4 amide bonds. The van der Waals surface area contributed by atoms with Crippen molar-refractivity contribution in [2.75, 3.05) is 57.6 Å². The monoisotopic (exact) mass is 1120 g/mol. The minimum Gasteiger partial charge on any atom is -0.508 e. The van der Waals surface area contributed by atoms with Gasteiger partial charge in [0, 0.05) is 66.8 Å². The van der Waals surface area contributed by atoms with Crippen molar-refractivity contribution in [2.24, 2.45) is 5.73 Å². The molecule has 25 heteroatoms. The number of nitrogens with two attached hydrogens (primary N) is 1. The van der Waals surface area contributed by atoms with Gasteiger partial charge in [-0.2, -0.15) is 0 Å². The molecule has 0 aliphatic carbocycles. The molecule has 0 spiro atoms. The predicted octanol–water partition coefficient (Wildman–Crippen LogP) is 2.94. The number of sulfone groups is 1. The molecule has 80 heavy (non-hydrogen) atoms. The fourth-order valence-corrected chi connectivity index (χ4v) is 9.50. The minimum absolute atomic E-state index is 0.0807. The number of phenolic OH excluding ortho intramolecular Hbond substituents is 1. The number of pyridine rings is 2. The highest BCUT2D eigenvalue weighted by molar-refractivity contribution is 7.90. The largest absolute Gasteiger partial charge is 0.510 e. The molecule has 5 aromatic rings. The van der Waals surface area contributed by atoms with Crippen LogP contribution in [0.5, 0.6) is 5.75 Å². The van der Waals surface area contributed by atoms with Gasteiger partial charge in [-0.05, 0) is 92.6 Å². The summed E-state index contributed by atoms with van der Waals surface area (Å²) in [4.78, 5) is 104. The second-order valence-electron chi connectivity index (χ2n) is 18.8. The van der Waals surface area contributed by atoms with E-state index in [-0.39, 0.29) is 93.3 Å². The van der Waals surface area contributed by atoms with Crippen molar-refractivity contribution < 1.29 is 66.0 Å². The van der Waals surface area contributed by atoms with Crippen molar-refractivity contribution in [3.8, 4) is 29.0 Å². The Morgan fingerprint density at radius 1 is 0.912 bits per heavy atom. The van der Waals surface area contributed by atoms with Gasteiger partial charge in [-0.15, -0.1) is 0 Å². The summed E-state index contributed by atoms with van der Waals surface area (Å²) in [6.45, 7) is 3.41. The fraction of sp³-hybridized carbons (Fsp3) is 0.418. The van der Waals surface area contributed by atoms with Crippen LogP contribution < -0.4 is 32.6 Å². The van der Waals surface area contributed by atoms with Gasteiger partial charge in [0.2, 0.25) is 44.2 Å². The summed E-state index contributed by atoms with van der Waals surface area (Å²) in [6.07, 6.45) is 5.55. The number of rotatable bonds is 26. The maximum absolute atomic E-state index is 14.1. The molecule has 24 nitrogen and oxygen atoms in total. The van der Waals surface area contributed by atoms with E-state index < -0.39 is 70.1 Å². The van der Waals surface area contributed by atoms with Crippen LogP contribution in [0.3, 0.4) is 0 Å². The average Bonchev–Trinajstić information content (AvgIpc) is 4.01. The van der Waals surface area contributed by atoms with Crippen LogP contribution >= 0.6 is 0 Å². The number of benzene rings is 2. The van der Waals surface area contributed by atoms with Crippen molar-refractivity contribution >= 4 is 62.2 Å². The van der Waals surface area contributed by atoms with Gasteiger partial charge in [0.25, 0.3) is 5.56 Å². The number of aromatic hydroxyl groups is 1. The van der Waals surface area contributed by atoms with Gasteiger partial charge in [0.05, 0.1) is 47.8 Å². The molecule has 0 radical (unpaired) electrons. The Morgan fingerprint density at radius 2 is 1.64 bits per heavy atom. The maximum atomic E-state index is 14.1. The number of aromatic nitrogens is 4. The quantitative estimate of drug-likeness (QED) is 0.0197. The smallest absolute Gasteiger partial charge is 0.508 e. The normalized spacial score (nSPS) is 14.5. The van der Waals surface area contributed by atoms with Crippen LogP contribution in [0.25, 0.3) is 22.3 Å². The number of hydrogen-bond acceptors (Lipinski definition) is 19. The maximum Gasteiger partial charge on any atom is 0.510 e. The molecular formula is C55H63N9O15S. The molecule has 0 unspecified atom stereocenters. The summed E-state index contributed by atoms with van der Waals surface area (Å²) in [5.41, 5.74) is 8.27. The van der Waals surface area contributed by atoms with Gasteiger partial charge in [-0.3, -0.25) is 24.0 Å². The Labute approximate surface area is 460 Å². The summed E-state index contributed by atoms with van der Waals surface area (Å²) < 4.78 is 52.0. The number of phenols is 1. The van der Waals surface area contributed by atoms with Gasteiger partial charge in [0.1, 0.15) is 38.2 Å². The van der Waals surface area contributed by atoms with Gasteiger partial charge in [0.15, 0.2) is 0 Å². The van der Waals surface area contributed by atoms with Gasteiger partial charge < -0.3 is 60.4 Å². The van der Waals surface area contributed by atoms with Gasteiger partial charge in [-0.1, -0.05) is 37.8 Å². The molecule has 3 aromatic heterocycles. The number of carbonyl (C=O) groups excluding carboxylic acids is 6. The topological polar surface area (TPSA) is 338 Å². The number of nitrogens with one attached hydrogen (secondary N) is 4. The Kier molecular flexibility index (Phi) is 20.4. The van der Waals surface area contributed by atoms with Crippen molar-refractivity contribution in [1.29, 1.82) is 0 Å². The first-order chi connectivity index (χ1) is 38.4. The van der Waals surface area contributed by atoms with Crippen molar-refractivity contribution in [2.45, 2.75) is 102 Å². The molecule has 2 aromatic carbocycles. The molecule has 424 valence electrons. The van der Waals surface area contributed by atoms with E-state index in [4.69, 9.17) is 34.4 Å². The van der Waals surface area contributed by atoms with E-state index in [0.717, 1.165) is 22.8 Å². The van der Waals surface area contributed by atoms with Crippen molar-refractivity contribution in [3.63, 3.8) is 0 Å². The molecular weight excluding hydrogens is 1060 g/mol. The zero-order chi connectivity index (χ0) is 57.4. The number of hydrogen-bond donors (Lipinski definition) is 6. The second kappa shape index (κ2) is 27.5.